The molecule has 174 valence electrons. The highest BCUT2D eigenvalue weighted by molar-refractivity contribution is 6.76. The number of rotatable bonds is 5. The molecule has 34 heavy (non-hydrogen) atoms. The molecule has 4 nitrogen and oxygen atoms in total. The molecule has 4 rings (SSSR count). The number of carbonyl (C=O) groups is 2. The Balaban J connectivity index is 2.11. The fourth-order valence-electron chi connectivity index (χ4n) is 4.28. The number of benzene rings is 4. The maximum absolute atomic E-state index is 13.6. The van der Waals surface area contributed by atoms with E-state index in [-0.39, 0.29) is 11.8 Å². The summed E-state index contributed by atoms with van der Waals surface area (Å²) < 4.78 is 0. The van der Waals surface area contributed by atoms with E-state index in [0.29, 0.717) is 11.1 Å². The van der Waals surface area contributed by atoms with E-state index >= 15 is 0 Å². The average Bonchev–Trinajstić information content (AvgIpc) is 2.75. The summed E-state index contributed by atoms with van der Waals surface area (Å²) in [4.78, 5) is 33.7. The van der Waals surface area contributed by atoms with E-state index < -0.39 is 16.5 Å². The Bertz CT molecular complexity index is 1310. The summed E-state index contributed by atoms with van der Waals surface area (Å²) in [5.74, 6) is -0.186. The van der Waals surface area contributed by atoms with Crippen molar-refractivity contribution < 1.29 is 9.59 Å². The molecule has 0 fully saturated rings. The summed E-state index contributed by atoms with van der Waals surface area (Å²) in [6.07, 6.45) is 0. The third kappa shape index (κ3) is 4.98. The molecule has 0 heterocycles. The Morgan fingerprint density at radius 3 is 1.24 bits per heavy atom. The van der Waals surface area contributed by atoms with Gasteiger partial charge in [0.05, 0.1) is 0 Å². The Kier molecular flexibility index (Phi) is 6.23. The van der Waals surface area contributed by atoms with Crippen molar-refractivity contribution in [2.75, 3.05) is 0 Å². The van der Waals surface area contributed by atoms with Gasteiger partial charge < -0.3 is 9.96 Å². The molecule has 0 bridgehead atoms. The molecule has 4 aromatic rings. The normalized spacial score (nSPS) is 12.1. The first-order chi connectivity index (χ1) is 15.9. The fourth-order valence-corrected chi connectivity index (χ4v) is 5.91. The molecule has 0 saturated carbocycles. The third-order valence-corrected chi connectivity index (χ3v) is 7.53. The second kappa shape index (κ2) is 8.85. The zero-order chi connectivity index (χ0) is 24.7. The van der Waals surface area contributed by atoms with Gasteiger partial charge in [-0.25, -0.2) is 0 Å². The molecule has 2 N–H and O–H groups in total. The lowest BCUT2D eigenvalue weighted by Crippen LogP contribution is -2.46. The molecule has 4 aromatic carbocycles. The molecule has 0 radical (unpaired) electrons. The highest BCUT2D eigenvalue weighted by Crippen LogP contribution is 2.39. The van der Waals surface area contributed by atoms with Gasteiger partial charge in [-0.1, -0.05) is 99.9 Å². The van der Waals surface area contributed by atoms with E-state index in [1.807, 2.05) is 72.8 Å². The van der Waals surface area contributed by atoms with E-state index in [1.165, 1.54) is 0 Å². The van der Waals surface area contributed by atoms with Crippen LogP contribution in [0.2, 0.25) is 39.3 Å². The topological polar surface area (TPSA) is 58.2 Å². The van der Waals surface area contributed by atoms with Gasteiger partial charge >= 0.3 is 0 Å². The molecule has 0 atom stereocenters. The largest absolute Gasteiger partial charge is 0.378 e. The Morgan fingerprint density at radius 2 is 0.882 bits per heavy atom. The zero-order valence-electron chi connectivity index (χ0n) is 20.7. The first-order valence-electron chi connectivity index (χ1n) is 11.6. The minimum atomic E-state index is -1.89. The van der Waals surface area contributed by atoms with Crippen LogP contribution in [0.4, 0.5) is 0 Å². The van der Waals surface area contributed by atoms with Gasteiger partial charge in [-0.3, -0.25) is 9.59 Å². The summed E-state index contributed by atoms with van der Waals surface area (Å²) >= 11 is 0. The van der Waals surface area contributed by atoms with Crippen LogP contribution in [0, 0.1) is 0 Å². The molecule has 0 aliphatic rings. The summed E-state index contributed by atoms with van der Waals surface area (Å²) in [5.41, 5.74) is 2.82. The van der Waals surface area contributed by atoms with Gasteiger partial charge in [0, 0.05) is 22.3 Å². The van der Waals surface area contributed by atoms with E-state index in [1.54, 1.807) is 0 Å². The number of hydrogen-bond acceptors (Lipinski definition) is 2. The van der Waals surface area contributed by atoms with Crippen LogP contribution in [0.3, 0.4) is 0 Å². The molecule has 0 unspecified atom stereocenters. The fraction of sp³-hybridized carbons (Fsp3) is 0.214. The minimum Gasteiger partial charge on any atom is -0.378 e. The van der Waals surface area contributed by atoms with Crippen LogP contribution in [0.25, 0.3) is 32.7 Å². The first-order valence-corrected chi connectivity index (χ1v) is 18.6. The molecule has 0 saturated heterocycles. The Labute approximate surface area is 203 Å². The highest BCUT2D eigenvalue weighted by Gasteiger charge is 2.27. The standard InChI is InChI=1S/C28H32N2O2Si2/c1-33(2,3)29-27(31)23-17-15-19-11-7-9-13-21(19)25(23)26-22-14-10-8-12-20(22)16-18-24(26)28(32)30-34(4,5)6/h7-18H,1-6H3,(H,29,31)(H,30,32). The molecule has 0 aromatic heterocycles. The lowest BCUT2D eigenvalue weighted by molar-refractivity contribution is 0.0968. The molecule has 2 amide bonds. The smallest absolute Gasteiger partial charge is 0.244 e. The lowest BCUT2D eigenvalue weighted by Gasteiger charge is -2.23. The van der Waals surface area contributed by atoms with Crippen molar-refractivity contribution in [3.63, 3.8) is 0 Å². The van der Waals surface area contributed by atoms with E-state index in [4.69, 9.17) is 0 Å². The molecule has 0 aliphatic carbocycles. The van der Waals surface area contributed by atoms with Gasteiger partial charge in [-0.05, 0) is 33.7 Å². The van der Waals surface area contributed by atoms with Crippen molar-refractivity contribution in [1.82, 2.24) is 9.96 Å². The Hall–Kier alpha value is -3.23. The maximum atomic E-state index is 13.6. The second-order valence-electron chi connectivity index (χ2n) is 10.8. The lowest BCUT2D eigenvalue weighted by atomic mass is 9.86. The van der Waals surface area contributed by atoms with E-state index in [9.17, 15) is 9.59 Å². The second-order valence-corrected chi connectivity index (χ2v) is 20.3. The van der Waals surface area contributed by atoms with Crippen molar-refractivity contribution in [1.29, 1.82) is 0 Å². The van der Waals surface area contributed by atoms with E-state index in [2.05, 4.69) is 49.2 Å². The molecular weight excluding hydrogens is 452 g/mol. The van der Waals surface area contributed by atoms with Crippen molar-refractivity contribution in [3.05, 3.63) is 83.9 Å². The number of amides is 2. The van der Waals surface area contributed by atoms with Crippen molar-refractivity contribution in [2.45, 2.75) is 39.3 Å². The summed E-state index contributed by atoms with van der Waals surface area (Å²) in [5, 5.41) is 3.99. The van der Waals surface area contributed by atoms with Crippen LogP contribution < -0.4 is 9.96 Å². The minimum absolute atomic E-state index is 0.0931. The summed E-state index contributed by atoms with van der Waals surface area (Å²) in [6, 6.07) is 23.9. The third-order valence-electron chi connectivity index (χ3n) is 5.57. The molecule has 6 heteroatoms. The number of hydrogen-bond donors (Lipinski definition) is 2. The monoisotopic (exact) mass is 484 g/mol. The SMILES string of the molecule is C[Si](C)(C)NC(=O)c1ccc2ccccc2c1-c1c(C(=O)N[Si](C)(C)C)ccc2ccccc12. The van der Waals surface area contributed by atoms with Gasteiger partial charge in [-0.2, -0.15) is 0 Å². The number of carbonyl (C=O) groups excluding carboxylic acids is 2. The van der Waals surface area contributed by atoms with Crippen molar-refractivity contribution in [3.8, 4) is 11.1 Å². The highest BCUT2D eigenvalue weighted by atomic mass is 28.3. The predicted octanol–water partition coefficient (Wildman–Crippen LogP) is 6.79. The van der Waals surface area contributed by atoms with Gasteiger partial charge in [-0.15, -0.1) is 0 Å². The van der Waals surface area contributed by atoms with Gasteiger partial charge in [0.2, 0.25) is 11.8 Å². The van der Waals surface area contributed by atoms with Crippen LogP contribution in [0.15, 0.2) is 72.8 Å². The van der Waals surface area contributed by atoms with Crippen molar-refractivity contribution >= 4 is 49.8 Å². The summed E-state index contributed by atoms with van der Waals surface area (Å²) in [7, 11) is -3.78. The number of nitrogens with one attached hydrogen (secondary N) is 2. The molecular formula is C28H32N2O2Si2. The maximum Gasteiger partial charge on any atom is 0.244 e. The van der Waals surface area contributed by atoms with E-state index in [0.717, 1.165) is 32.7 Å². The van der Waals surface area contributed by atoms with Gasteiger partial charge in [0.25, 0.3) is 0 Å². The molecule has 0 aliphatic heterocycles. The van der Waals surface area contributed by atoms with Gasteiger partial charge in [0.15, 0.2) is 0 Å². The molecule has 0 spiro atoms. The summed E-state index contributed by atoms with van der Waals surface area (Å²) in [6.45, 7) is 12.6. The zero-order valence-corrected chi connectivity index (χ0v) is 22.7. The van der Waals surface area contributed by atoms with Crippen LogP contribution in [-0.2, 0) is 0 Å². The number of fused-ring (bicyclic) bond motifs is 2. The van der Waals surface area contributed by atoms with Crippen LogP contribution >= 0.6 is 0 Å². The average molecular weight is 485 g/mol. The van der Waals surface area contributed by atoms with Crippen LogP contribution in [0.1, 0.15) is 20.7 Å². The van der Waals surface area contributed by atoms with Crippen LogP contribution in [-0.4, -0.2) is 28.3 Å². The quantitative estimate of drug-likeness (QED) is 0.306. The first kappa shape index (κ1) is 23.9. The Morgan fingerprint density at radius 1 is 0.529 bits per heavy atom. The van der Waals surface area contributed by atoms with Crippen molar-refractivity contribution in [2.24, 2.45) is 0 Å². The predicted molar refractivity (Wildman–Crippen MR) is 149 cm³/mol. The van der Waals surface area contributed by atoms with Gasteiger partial charge in [0.1, 0.15) is 16.5 Å². The van der Waals surface area contributed by atoms with Crippen LogP contribution in [0.5, 0.6) is 0 Å².